The molecular formula is C32H37FN4O2. The number of nitrogens with one attached hydrogen (secondary N) is 4. The van der Waals surface area contributed by atoms with Crippen molar-refractivity contribution in [1.82, 2.24) is 10.6 Å². The lowest BCUT2D eigenvalue weighted by Crippen LogP contribution is -2.49. The zero-order chi connectivity index (χ0) is 27.0. The summed E-state index contributed by atoms with van der Waals surface area (Å²) in [6.45, 7) is 1.19. The number of fused-ring (bicyclic) bond motifs is 1. The van der Waals surface area contributed by atoms with Gasteiger partial charge in [0.15, 0.2) is 0 Å². The maximum Gasteiger partial charge on any atom is 0.319 e. The van der Waals surface area contributed by atoms with Gasteiger partial charge in [0.1, 0.15) is 11.9 Å². The molecule has 2 aliphatic rings. The largest absolute Gasteiger partial charge is 0.384 e. The molecule has 1 saturated carbocycles. The quantitative estimate of drug-likeness (QED) is 0.250. The summed E-state index contributed by atoms with van der Waals surface area (Å²) in [5.74, 6) is 0.154. The van der Waals surface area contributed by atoms with E-state index in [9.17, 15) is 14.0 Å². The average Bonchev–Trinajstić information content (AvgIpc) is 3.36. The molecule has 1 heterocycles. The highest BCUT2D eigenvalue weighted by molar-refractivity contribution is 5.94. The van der Waals surface area contributed by atoms with E-state index in [1.165, 1.54) is 25.3 Å². The predicted octanol–water partition coefficient (Wildman–Crippen LogP) is 6.67. The van der Waals surface area contributed by atoms with Crippen molar-refractivity contribution >= 4 is 23.3 Å². The normalized spacial score (nSPS) is 17.5. The number of carbonyl (C=O) groups is 2. The molecule has 1 aliphatic carbocycles. The van der Waals surface area contributed by atoms with Crippen molar-refractivity contribution < 1.29 is 14.0 Å². The Labute approximate surface area is 229 Å². The molecule has 204 valence electrons. The monoisotopic (exact) mass is 528 g/mol. The first-order chi connectivity index (χ1) is 19.0. The van der Waals surface area contributed by atoms with Gasteiger partial charge in [-0.05, 0) is 65.8 Å². The number of urea groups is 1. The van der Waals surface area contributed by atoms with E-state index in [1.54, 1.807) is 12.1 Å². The lowest BCUT2D eigenvalue weighted by molar-refractivity contribution is -0.123. The van der Waals surface area contributed by atoms with E-state index < -0.39 is 6.04 Å². The smallest absolute Gasteiger partial charge is 0.319 e. The molecule has 5 rings (SSSR count). The standard InChI is InChI=1S/C32H37FN4O2/c33-26-13-16-29-28(20-26)25(21-35-29)17-18-34-31(38)30(19-22-7-3-1-4-8-22)37-32(39)36-27-14-11-24(12-15-27)23-9-5-2-6-10-23/h2,5-6,9-16,20,22,25,30,35H,1,3-4,7-8,17-19,21H2,(H,34,38)(H2,36,37,39)/t25?,30-/m0/s1. The van der Waals surface area contributed by atoms with Crippen LogP contribution in [-0.4, -0.2) is 31.1 Å². The van der Waals surface area contributed by atoms with Gasteiger partial charge in [-0.3, -0.25) is 4.79 Å². The third-order valence-corrected chi connectivity index (χ3v) is 7.95. The second kappa shape index (κ2) is 12.8. The van der Waals surface area contributed by atoms with Gasteiger partial charge in [-0.2, -0.15) is 0 Å². The first-order valence-electron chi connectivity index (χ1n) is 14.1. The highest BCUT2D eigenvalue weighted by atomic mass is 19.1. The Kier molecular flexibility index (Phi) is 8.76. The van der Waals surface area contributed by atoms with Gasteiger partial charge in [-0.15, -0.1) is 0 Å². The molecule has 3 aromatic carbocycles. The zero-order valence-electron chi connectivity index (χ0n) is 22.2. The number of rotatable bonds is 9. The summed E-state index contributed by atoms with van der Waals surface area (Å²) in [5.41, 5.74) is 4.76. The summed E-state index contributed by atoms with van der Waals surface area (Å²) in [6.07, 6.45) is 7.08. The molecule has 7 heteroatoms. The van der Waals surface area contributed by atoms with Gasteiger partial charge in [-0.1, -0.05) is 74.6 Å². The van der Waals surface area contributed by atoms with E-state index in [1.807, 2.05) is 54.6 Å². The van der Waals surface area contributed by atoms with Crippen molar-refractivity contribution in [2.24, 2.45) is 5.92 Å². The van der Waals surface area contributed by atoms with E-state index in [0.29, 0.717) is 31.0 Å². The molecular weight excluding hydrogens is 491 g/mol. The number of hydrogen-bond acceptors (Lipinski definition) is 3. The van der Waals surface area contributed by atoms with Gasteiger partial charge in [0.2, 0.25) is 5.91 Å². The number of amides is 3. The van der Waals surface area contributed by atoms with Crippen LogP contribution in [0.1, 0.15) is 56.4 Å². The van der Waals surface area contributed by atoms with Gasteiger partial charge < -0.3 is 21.3 Å². The molecule has 4 N–H and O–H groups in total. The second-order valence-electron chi connectivity index (χ2n) is 10.7. The Morgan fingerprint density at radius 3 is 2.44 bits per heavy atom. The maximum absolute atomic E-state index is 13.7. The summed E-state index contributed by atoms with van der Waals surface area (Å²) in [7, 11) is 0. The third-order valence-electron chi connectivity index (χ3n) is 7.95. The summed E-state index contributed by atoms with van der Waals surface area (Å²) >= 11 is 0. The number of anilines is 2. The van der Waals surface area contributed by atoms with Crippen LogP contribution in [0, 0.1) is 11.7 Å². The molecule has 0 aromatic heterocycles. The lowest BCUT2D eigenvalue weighted by atomic mass is 9.84. The predicted molar refractivity (Wildman–Crippen MR) is 154 cm³/mol. The summed E-state index contributed by atoms with van der Waals surface area (Å²) < 4.78 is 13.7. The molecule has 1 unspecified atom stereocenters. The van der Waals surface area contributed by atoms with E-state index in [4.69, 9.17) is 0 Å². The Balaban J connectivity index is 1.17. The molecule has 1 fully saturated rings. The van der Waals surface area contributed by atoms with Gasteiger partial charge in [0.05, 0.1) is 0 Å². The minimum absolute atomic E-state index is 0.142. The highest BCUT2D eigenvalue weighted by Crippen LogP contribution is 2.34. The summed E-state index contributed by atoms with van der Waals surface area (Å²) in [5, 5.41) is 12.2. The van der Waals surface area contributed by atoms with Crippen LogP contribution in [0.5, 0.6) is 0 Å². The van der Waals surface area contributed by atoms with Crippen molar-refractivity contribution in [1.29, 1.82) is 0 Å². The molecule has 0 radical (unpaired) electrons. The van der Waals surface area contributed by atoms with Crippen LogP contribution in [0.25, 0.3) is 11.1 Å². The van der Waals surface area contributed by atoms with Crippen LogP contribution in [0.3, 0.4) is 0 Å². The molecule has 6 nitrogen and oxygen atoms in total. The van der Waals surface area contributed by atoms with Crippen LogP contribution < -0.4 is 21.3 Å². The molecule has 3 amide bonds. The third kappa shape index (κ3) is 7.16. The fourth-order valence-corrected chi connectivity index (χ4v) is 5.82. The molecule has 1 aliphatic heterocycles. The van der Waals surface area contributed by atoms with E-state index >= 15 is 0 Å². The van der Waals surface area contributed by atoms with E-state index in [2.05, 4.69) is 21.3 Å². The summed E-state index contributed by atoms with van der Waals surface area (Å²) in [4.78, 5) is 26.2. The van der Waals surface area contributed by atoms with Gasteiger partial charge >= 0.3 is 6.03 Å². The van der Waals surface area contributed by atoms with Crippen LogP contribution in [-0.2, 0) is 4.79 Å². The molecule has 0 saturated heterocycles. The molecule has 0 spiro atoms. The molecule has 39 heavy (non-hydrogen) atoms. The van der Waals surface area contributed by atoms with Gasteiger partial charge in [0, 0.05) is 30.4 Å². The van der Waals surface area contributed by atoms with Gasteiger partial charge in [-0.25, -0.2) is 9.18 Å². The topological polar surface area (TPSA) is 82.3 Å². The first-order valence-corrected chi connectivity index (χ1v) is 14.1. The van der Waals surface area contributed by atoms with Crippen molar-refractivity contribution in [2.45, 2.75) is 56.9 Å². The first kappa shape index (κ1) is 26.7. The Bertz CT molecular complexity index is 1260. The fraction of sp³-hybridized carbons (Fsp3) is 0.375. The fourth-order valence-electron chi connectivity index (χ4n) is 5.82. The Morgan fingerprint density at radius 1 is 0.923 bits per heavy atom. The lowest BCUT2D eigenvalue weighted by Gasteiger charge is -2.27. The molecule has 0 bridgehead atoms. The number of benzene rings is 3. The van der Waals surface area contributed by atoms with Crippen LogP contribution >= 0.6 is 0 Å². The number of hydrogen-bond donors (Lipinski definition) is 4. The van der Waals surface area contributed by atoms with Crippen molar-refractivity contribution in [3.8, 4) is 11.1 Å². The highest BCUT2D eigenvalue weighted by Gasteiger charge is 2.27. The minimum atomic E-state index is -0.608. The minimum Gasteiger partial charge on any atom is -0.384 e. The molecule has 2 atom stereocenters. The second-order valence-corrected chi connectivity index (χ2v) is 10.7. The Hall–Kier alpha value is -3.87. The average molecular weight is 529 g/mol. The van der Waals surface area contributed by atoms with Crippen LogP contribution in [0.15, 0.2) is 72.8 Å². The molecule has 3 aromatic rings. The Morgan fingerprint density at radius 2 is 1.67 bits per heavy atom. The van der Waals surface area contributed by atoms with Crippen LogP contribution in [0.4, 0.5) is 20.6 Å². The number of carbonyl (C=O) groups excluding carboxylic acids is 2. The number of halogens is 1. The van der Waals surface area contributed by atoms with Crippen molar-refractivity contribution in [3.63, 3.8) is 0 Å². The maximum atomic E-state index is 13.7. The van der Waals surface area contributed by atoms with Crippen molar-refractivity contribution in [2.75, 3.05) is 23.7 Å². The summed E-state index contributed by atoms with van der Waals surface area (Å²) in [6, 6.07) is 21.6. The van der Waals surface area contributed by atoms with Crippen LogP contribution in [0.2, 0.25) is 0 Å². The van der Waals surface area contributed by atoms with Crippen molar-refractivity contribution in [3.05, 3.63) is 84.2 Å². The zero-order valence-corrected chi connectivity index (χ0v) is 22.2. The van der Waals surface area contributed by atoms with E-state index in [-0.39, 0.29) is 23.7 Å². The SMILES string of the molecule is O=C(Nc1ccc(-c2ccccc2)cc1)N[C@@H](CC1CCCCC1)C(=O)NCCC1CNc2ccc(F)cc21. The van der Waals surface area contributed by atoms with E-state index in [0.717, 1.165) is 41.8 Å². The van der Waals surface area contributed by atoms with Gasteiger partial charge in [0.25, 0.3) is 0 Å².